The number of carbonyl (C=O) groups is 2. The minimum Gasteiger partial charge on any atom is -0.483 e. The van der Waals surface area contributed by atoms with E-state index < -0.39 is 5.43 Å². The van der Waals surface area contributed by atoms with Crippen molar-refractivity contribution in [2.45, 2.75) is 47.1 Å². The smallest absolute Gasteiger partial charge is 0.274 e. The van der Waals surface area contributed by atoms with E-state index in [4.69, 9.17) is 4.74 Å². The Kier molecular flexibility index (Phi) is 28.5. The number of allylic oxidation sites excluding steroid dienone is 3. The van der Waals surface area contributed by atoms with E-state index in [0.29, 0.717) is 19.4 Å². The molecule has 1 aromatic carbocycles. The number of methoxy groups -OCH3 is 1. The maximum Gasteiger partial charge on any atom is 0.274 e. The first-order chi connectivity index (χ1) is 20.5. The summed E-state index contributed by atoms with van der Waals surface area (Å²) < 4.78 is 11.6. The van der Waals surface area contributed by atoms with Crippen LogP contribution < -0.4 is 10.2 Å². The van der Waals surface area contributed by atoms with E-state index in [1.807, 2.05) is 65.2 Å². The fourth-order valence-electron chi connectivity index (χ4n) is 3.17. The topological polar surface area (TPSA) is 90.3 Å². The number of rotatable bonds is 11. The summed E-state index contributed by atoms with van der Waals surface area (Å²) in [4.78, 5) is 43.7. The quantitative estimate of drug-likeness (QED) is 0.140. The van der Waals surface area contributed by atoms with Crippen LogP contribution in [0.1, 0.15) is 66.9 Å². The van der Waals surface area contributed by atoms with Crippen LogP contribution in [0.25, 0.3) is 0 Å². The lowest BCUT2D eigenvalue weighted by molar-refractivity contribution is -0.0855. The molecule has 0 bridgehead atoms. The largest absolute Gasteiger partial charge is 0.483 e. The summed E-state index contributed by atoms with van der Waals surface area (Å²) in [6.07, 6.45) is 15.4. The maximum atomic E-state index is 13.3. The van der Waals surface area contributed by atoms with Crippen LogP contribution in [0.5, 0.6) is 5.75 Å². The molecule has 1 aromatic heterocycles. The Labute approximate surface area is 259 Å². The van der Waals surface area contributed by atoms with E-state index in [1.54, 1.807) is 44.4 Å². The van der Waals surface area contributed by atoms with Gasteiger partial charge in [-0.1, -0.05) is 48.1 Å². The number of nitrogens with zero attached hydrogens (tertiary/aromatic N) is 3. The highest BCUT2D eigenvalue weighted by atomic mass is 16.7. The van der Waals surface area contributed by atoms with Crippen molar-refractivity contribution in [2.24, 2.45) is 7.05 Å². The molecule has 9 heteroatoms. The minimum absolute atomic E-state index is 0.0381. The maximum absolute atomic E-state index is 13.3. The first-order valence-corrected chi connectivity index (χ1v) is 13.8. The fourth-order valence-corrected chi connectivity index (χ4v) is 3.17. The minimum atomic E-state index is -0.566. The van der Waals surface area contributed by atoms with E-state index in [-0.39, 0.29) is 29.5 Å². The molecule has 0 fully saturated rings. The monoisotopic (exact) mass is 599 g/mol. The predicted octanol–water partition coefficient (Wildman–Crippen LogP) is 5.80. The third-order valence-electron chi connectivity index (χ3n) is 5.45. The lowest BCUT2D eigenvalue weighted by atomic mass is 10.1. The zero-order valence-electron chi connectivity index (χ0n) is 27.9. The van der Waals surface area contributed by atoms with Gasteiger partial charge in [0.15, 0.2) is 17.7 Å². The third kappa shape index (κ3) is 19.0. The zero-order chi connectivity index (χ0) is 33.8. The molecule has 0 spiro atoms. The lowest BCUT2D eigenvalue weighted by Gasteiger charge is -2.24. The van der Waals surface area contributed by atoms with E-state index in [9.17, 15) is 14.4 Å². The third-order valence-corrected chi connectivity index (χ3v) is 5.45. The molecule has 1 heterocycles. The van der Waals surface area contributed by atoms with Crippen molar-refractivity contribution in [3.05, 3.63) is 87.9 Å². The van der Waals surface area contributed by atoms with Crippen LogP contribution in [0.3, 0.4) is 0 Å². The summed E-state index contributed by atoms with van der Waals surface area (Å²) in [5, 5.41) is 1.62. The van der Waals surface area contributed by atoms with Crippen LogP contribution in [-0.4, -0.2) is 75.2 Å². The normalized spacial score (nSPS) is 9.74. The fraction of sp³-hybridized carbons (Fsp3) is 0.441. The molecule has 0 aliphatic rings. The first kappa shape index (κ1) is 43.5. The van der Waals surface area contributed by atoms with Crippen molar-refractivity contribution in [1.82, 2.24) is 14.5 Å². The average Bonchev–Trinajstić information content (AvgIpc) is 3.01. The van der Waals surface area contributed by atoms with Gasteiger partial charge < -0.3 is 23.8 Å². The van der Waals surface area contributed by atoms with Crippen LogP contribution in [0.2, 0.25) is 0 Å². The first-order valence-electron chi connectivity index (χ1n) is 13.8. The highest BCUT2D eigenvalue weighted by Gasteiger charge is 2.25. The van der Waals surface area contributed by atoms with Crippen molar-refractivity contribution < 1.29 is 23.9 Å². The molecule has 0 N–H and O–H groups in total. The number of terminal acetylenes is 1. The molecule has 0 aliphatic carbocycles. The second kappa shape index (κ2) is 28.2. The molecule has 2 rings (SSSR count). The molecular weight excluding hydrogens is 546 g/mol. The van der Waals surface area contributed by atoms with Gasteiger partial charge in [-0.3, -0.25) is 14.4 Å². The number of hydrogen-bond donors (Lipinski definition) is 0. The number of aryl methyl sites for hydroxylation is 1. The summed E-state index contributed by atoms with van der Waals surface area (Å²) in [7, 11) is 10.2. The molecule has 0 aliphatic heterocycles. The summed E-state index contributed by atoms with van der Waals surface area (Å²) in [5.41, 5.74) is 1.69. The van der Waals surface area contributed by atoms with Crippen LogP contribution in [0.15, 0.2) is 65.6 Å². The van der Waals surface area contributed by atoms with Gasteiger partial charge in [-0.05, 0) is 46.1 Å². The molecule has 0 saturated carbocycles. The van der Waals surface area contributed by atoms with Crippen molar-refractivity contribution in [2.75, 3.05) is 48.5 Å². The second-order valence-corrected chi connectivity index (χ2v) is 9.03. The van der Waals surface area contributed by atoms with Crippen LogP contribution in [0.4, 0.5) is 0 Å². The molecule has 240 valence electrons. The summed E-state index contributed by atoms with van der Waals surface area (Å²) in [6, 6.07) is 9.38. The molecule has 2 aromatic rings. The summed E-state index contributed by atoms with van der Waals surface area (Å²) in [6.45, 7) is 12.4. The Bertz CT molecular complexity index is 1140. The predicted molar refractivity (Wildman–Crippen MR) is 177 cm³/mol. The van der Waals surface area contributed by atoms with Gasteiger partial charge in [0.1, 0.15) is 6.61 Å². The van der Waals surface area contributed by atoms with Crippen LogP contribution >= 0.6 is 0 Å². The standard InChI is InChI=1S/C24H30N2O4.C3H9NO.C3H6.C2H6O.C2H2/c1-5-18(3)11-10-14-26(6-2)24(29)21-23(22(28)20(16-27)15-25(21)4)30-17-19-12-8-7-9-13-19;1-4(2)5-3;2*1-3-2;1-2/h5,7-9,12-13,15-16H,6,10-11,14,17H2,1-4H3;1-3H3;3H,1H2,2H3;1-2H3;1-2H/b18-5+;;;;. The number of aromatic nitrogens is 1. The van der Waals surface area contributed by atoms with Crippen molar-refractivity contribution in [1.29, 1.82) is 0 Å². The van der Waals surface area contributed by atoms with Crippen molar-refractivity contribution >= 4 is 12.2 Å². The van der Waals surface area contributed by atoms with Gasteiger partial charge in [0.25, 0.3) is 5.91 Å². The zero-order valence-corrected chi connectivity index (χ0v) is 27.9. The van der Waals surface area contributed by atoms with E-state index in [2.05, 4.69) is 42.0 Å². The number of benzene rings is 1. The SMILES string of the molecule is C#C.C/C=C(\C)CCCN(CC)C(=O)c1c(OCc2ccccc2)c(=O)c(C=O)cn1C.C=CC.COC.CON(C)C. The van der Waals surface area contributed by atoms with Gasteiger partial charge in [-0.2, -0.15) is 5.06 Å². The lowest BCUT2D eigenvalue weighted by Crippen LogP contribution is -2.35. The molecule has 0 atom stereocenters. The van der Waals surface area contributed by atoms with E-state index >= 15 is 0 Å². The van der Waals surface area contributed by atoms with E-state index in [1.165, 1.54) is 16.3 Å². The molecular formula is C34H53N3O6. The number of hydrogen-bond acceptors (Lipinski definition) is 7. The van der Waals surface area contributed by atoms with Gasteiger partial charge in [-0.25, -0.2) is 0 Å². The Balaban J connectivity index is -0.00000105. The van der Waals surface area contributed by atoms with Crippen LogP contribution in [0, 0.1) is 12.8 Å². The highest BCUT2D eigenvalue weighted by molar-refractivity contribution is 5.96. The van der Waals surface area contributed by atoms with Crippen LogP contribution in [-0.2, 0) is 23.2 Å². The van der Waals surface area contributed by atoms with Crippen molar-refractivity contribution in [3.63, 3.8) is 0 Å². The number of carbonyl (C=O) groups excluding carboxylic acids is 2. The summed E-state index contributed by atoms with van der Waals surface area (Å²) >= 11 is 0. The molecule has 0 unspecified atom stereocenters. The molecule has 9 nitrogen and oxygen atoms in total. The number of amides is 1. The second-order valence-electron chi connectivity index (χ2n) is 9.03. The number of hydroxylamine groups is 2. The molecule has 43 heavy (non-hydrogen) atoms. The number of ether oxygens (including phenoxy) is 2. The van der Waals surface area contributed by atoms with E-state index in [0.717, 1.165) is 18.4 Å². The average molecular weight is 600 g/mol. The van der Waals surface area contributed by atoms with Gasteiger partial charge >= 0.3 is 0 Å². The molecule has 0 radical (unpaired) electrons. The van der Waals surface area contributed by atoms with Crippen molar-refractivity contribution in [3.8, 4) is 18.6 Å². The van der Waals surface area contributed by atoms with Gasteiger partial charge in [0, 0.05) is 54.6 Å². The Morgan fingerprint density at radius 3 is 2.02 bits per heavy atom. The summed E-state index contributed by atoms with van der Waals surface area (Å²) in [5.74, 6) is -0.366. The van der Waals surface area contributed by atoms with Gasteiger partial charge in [-0.15, -0.1) is 19.4 Å². The number of pyridine rings is 1. The number of aldehydes is 1. The van der Waals surface area contributed by atoms with Gasteiger partial charge in [0.2, 0.25) is 5.43 Å². The highest BCUT2D eigenvalue weighted by Crippen LogP contribution is 2.19. The Morgan fingerprint density at radius 1 is 1.09 bits per heavy atom. The Morgan fingerprint density at radius 2 is 1.60 bits per heavy atom. The molecule has 1 amide bonds. The molecule has 0 saturated heterocycles. The van der Waals surface area contributed by atoms with Gasteiger partial charge in [0.05, 0.1) is 12.7 Å². The Hall–Kier alpha value is -3.97.